The fourth-order valence-electron chi connectivity index (χ4n) is 1.75. The average molecular weight is 394 g/mol. The van der Waals surface area contributed by atoms with Gasteiger partial charge in [0.15, 0.2) is 5.82 Å². The highest BCUT2D eigenvalue weighted by atomic mass is 79.9. The van der Waals surface area contributed by atoms with Crippen molar-refractivity contribution < 1.29 is 9.53 Å². The number of amides is 1. The van der Waals surface area contributed by atoms with Crippen LogP contribution in [0.4, 0.5) is 5.82 Å². The molecule has 1 aliphatic heterocycles. The average Bonchev–Trinajstić information content (AvgIpc) is 2.41. The highest BCUT2D eigenvalue weighted by Crippen LogP contribution is 2.19. The Morgan fingerprint density at radius 3 is 2.89 bits per heavy atom. The molecule has 0 bridgehead atoms. The van der Waals surface area contributed by atoms with Crippen LogP contribution in [-0.4, -0.2) is 41.7 Å². The number of carbonyl (C=O) groups excluding carboxylic acids is 1. The summed E-state index contributed by atoms with van der Waals surface area (Å²) in [4.78, 5) is 19.9. The molecule has 0 spiro atoms. The molecule has 2 heterocycles. The first-order valence-corrected chi connectivity index (χ1v) is 7.54. The summed E-state index contributed by atoms with van der Waals surface area (Å²) in [6, 6.07) is 0. The molecule has 6 nitrogen and oxygen atoms in total. The second kappa shape index (κ2) is 7.28. The van der Waals surface area contributed by atoms with E-state index in [4.69, 9.17) is 4.74 Å². The molecule has 2 N–H and O–H groups in total. The SMILES string of the molecule is O=C(COC1CCNCC1)Nc1ncc(Br)nc1Br. The minimum Gasteiger partial charge on any atom is -0.368 e. The van der Waals surface area contributed by atoms with Gasteiger partial charge in [-0.25, -0.2) is 9.97 Å². The van der Waals surface area contributed by atoms with E-state index >= 15 is 0 Å². The van der Waals surface area contributed by atoms with Crippen LogP contribution >= 0.6 is 31.9 Å². The number of halogens is 2. The quantitative estimate of drug-likeness (QED) is 0.814. The molecule has 1 aliphatic rings. The molecular weight excluding hydrogens is 380 g/mol. The first-order chi connectivity index (χ1) is 9.15. The normalized spacial score (nSPS) is 16.3. The summed E-state index contributed by atoms with van der Waals surface area (Å²) in [6.45, 7) is 1.92. The zero-order valence-corrected chi connectivity index (χ0v) is 13.3. The molecule has 0 unspecified atom stereocenters. The summed E-state index contributed by atoms with van der Waals surface area (Å²) >= 11 is 6.43. The molecule has 1 amide bonds. The molecule has 19 heavy (non-hydrogen) atoms. The lowest BCUT2D eigenvalue weighted by Crippen LogP contribution is -2.34. The highest BCUT2D eigenvalue weighted by molar-refractivity contribution is 9.11. The van der Waals surface area contributed by atoms with Crippen molar-refractivity contribution in [3.63, 3.8) is 0 Å². The van der Waals surface area contributed by atoms with E-state index in [1.54, 1.807) is 0 Å². The van der Waals surface area contributed by atoms with E-state index in [9.17, 15) is 4.79 Å². The van der Waals surface area contributed by atoms with Crippen LogP contribution in [0.1, 0.15) is 12.8 Å². The van der Waals surface area contributed by atoms with Crippen molar-refractivity contribution >= 4 is 43.6 Å². The maximum atomic E-state index is 11.7. The number of anilines is 1. The summed E-state index contributed by atoms with van der Waals surface area (Å²) in [7, 11) is 0. The van der Waals surface area contributed by atoms with Crippen LogP contribution in [0.2, 0.25) is 0 Å². The van der Waals surface area contributed by atoms with Crippen molar-refractivity contribution in [3.05, 3.63) is 15.4 Å². The molecule has 1 aromatic rings. The van der Waals surface area contributed by atoms with Crippen LogP contribution in [0.3, 0.4) is 0 Å². The number of hydrogen-bond donors (Lipinski definition) is 2. The van der Waals surface area contributed by atoms with Gasteiger partial charge in [0.25, 0.3) is 5.91 Å². The van der Waals surface area contributed by atoms with Gasteiger partial charge in [0.2, 0.25) is 0 Å². The molecular formula is C11H14Br2N4O2. The van der Waals surface area contributed by atoms with Crippen molar-refractivity contribution in [3.8, 4) is 0 Å². The summed E-state index contributed by atoms with van der Waals surface area (Å²) in [5.74, 6) is 0.165. The van der Waals surface area contributed by atoms with Crippen molar-refractivity contribution in [2.45, 2.75) is 18.9 Å². The molecule has 0 aliphatic carbocycles. The number of aromatic nitrogens is 2. The van der Waals surface area contributed by atoms with E-state index in [0.717, 1.165) is 25.9 Å². The van der Waals surface area contributed by atoms with Crippen LogP contribution in [0.5, 0.6) is 0 Å². The van der Waals surface area contributed by atoms with Gasteiger partial charge in [-0.05, 0) is 57.8 Å². The number of hydrogen-bond acceptors (Lipinski definition) is 5. The van der Waals surface area contributed by atoms with E-state index < -0.39 is 0 Å². The minimum atomic E-state index is -0.226. The Labute approximate surface area is 128 Å². The molecule has 8 heteroatoms. The predicted molar refractivity (Wildman–Crippen MR) is 77.9 cm³/mol. The van der Waals surface area contributed by atoms with Gasteiger partial charge in [0.1, 0.15) is 15.8 Å². The Bertz CT molecular complexity index is 452. The summed E-state index contributed by atoms with van der Waals surface area (Å²) in [6.07, 6.45) is 3.56. The van der Waals surface area contributed by atoms with Crippen LogP contribution in [0, 0.1) is 0 Å². The Morgan fingerprint density at radius 1 is 1.47 bits per heavy atom. The van der Waals surface area contributed by atoms with E-state index in [1.807, 2.05) is 0 Å². The monoisotopic (exact) mass is 392 g/mol. The van der Waals surface area contributed by atoms with Crippen molar-refractivity contribution in [1.29, 1.82) is 0 Å². The Hall–Kier alpha value is -0.570. The molecule has 0 radical (unpaired) electrons. The molecule has 104 valence electrons. The molecule has 2 rings (SSSR count). The topological polar surface area (TPSA) is 76.1 Å². The zero-order chi connectivity index (χ0) is 13.7. The second-order valence-corrected chi connectivity index (χ2v) is 5.70. The van der Waals surface area contributed by atoms with Gasteiger partial charge in [-0.15, -0.1) is 0 Å². The molecule has 0 saturated carbocycles. The number of carbonyl (C=O) groups is 1. The maximum absolute atomic E-state index is 11.7. The van der Waals surface area contributed by atoms with Crippen LogP contribution in [0.15, 0.2) is 15.4 Å². The lowest BCUT2D eigenvalue weighted by molar-refractivity contribution is -0.123. The number of nitrogens with zero attached hydrogens (tertiary/aromatic N) is 2. The van der Waals surface area contributed by atoms with Gasteiger partial charge in [-0.1, -0.05) is 0 Å². The fourth-order valence-corrected chi connectivity index (χ4v) is 2.66. The third-order valence-corrected chi connectivity index (χ3v) is 3.63. The largest absolute Gasteiger partial charge is 0.368 e. The van der Waals surface area contributed by atoms with E-state index in [0.29, 0.717) is 15.0 Å². The van der Waals surface area contributed by atoms with Gasteiger partial charge in [-0.3, -0.25) is 4.79 Å². The molecule has 1 aromatic heterocycles. The van der Waals surface area contributed by atoms with E-state index in [-0.39, 0.29) is 18.6 Å². The first kappa shape index (κ1) is 14.8. The van der Waals surface area contributed by atoms with Crippen LogP contribution in [0.25, 0.3) is 0 Å². The third kappa shape index (κ3) is 4.79. The molecule has 0 atom stereocenters. The van der Waals surface area contributed by atoms with E-state index in [2.05, 4.69) is 52.5 Å². The highest BCUT2D eigenvalue weighted by Gasteiger charge is 2.15. The third-order valence-electron chi connectivity index (χ3n) is 2.69. The minimum absolute atomic E-state index is 0.0366. The van der Waals surface area contributed by atoms with Crippen molar-refractivity contribution in [2.75, 3.05) is 25.0 Å². The first-order valence-electron chi connectivity index (χ1n) is 5.95. The van der Waals surface area contributed by atoms with Crippen molar-refractivity contribution in [2.24, 2.45) is 0 Å². The lowest BCUT2D eigenvalue weighted by atomic mass is 10.1. The van der Waals surface area contributed by atoms with Crippen LogP contribution in [-0.2, 0) is 9.53 Å². The molecule has 1 fully saturated rings. The van der Waals surface area contributed by atoms with Gasteiger partial charge in [0.05, 0.1) is 12.3 Å². The summed E-state index contributed by atoms with van der Waals surface area (Å²) in [5.41, 5.74) is 0. The van der Waals surface area contributed by atoms with Gasteiger partial charge >= 0.3 is 0 Å². The summed E-state index contributed by atoms with van der Waals surface area (Å²) < 4.78 is 6.64. The number of piperidine rings is 1. The van der Waals surface area contributed by atoms with Gasteiger partial charge in [0, 0.05) is 0 Å². The Morgan fingerprint density at radius 2 is 2.21 bits per heavy atom. The number of nitrogens with one attached hydrogen (secondary N) is 2. The van der Waals surface area contributed by atoms with E-state index in [1.165, 1.54) is 6.20 Å². The number of rotatable bonds is 4. The molecule has 1 saturated heterocycles. The second-order valence-electron chi connectivity index (χ2n) is 4.14. The predicted octanol–water partition coefficient (Wildman–Crippen LogP) is 1.71. The van der Waals surface area contributed by atoms with Crippen molar-refractivity contribution in [1.82, 2.24) is 15.3 Å². The summed E-state index contributed by atoms with van der Waals surface area (Å²) in [5, 5.41) is 5.90. The Kier molecular flexibility index (Phi) is 5.68. The maximum Gasteiger partial charge on any atom is 0.251 e. The standard InChI is InChI=1S/C11H14Br2N4O2/c12-8-5-15-11(10(13)16-8)17-9(18)6-19-7-1-3-14-4-2-7/h5,7,14H,1-4,6H2,(H,15,17,18). The number of ether oxygens (including phenoxy) is 1. The fraction of sp³-hybridized carbons (Fsp3) is 0.545. The van der Waals surface area contributed by atoms with Crippen LogP contribution < -0.4 is 10.6 Å². The lowest BCUT2D eigenvalue weighted by Gasteiger charge is -2.22. The zero-order valence-electron chi connectivity index (χ0n) is 10.2. The smallest absolute Gasteiger partial charge is 0.251 e. The van der Waals surface area contributed by atoms with Gasteiger partial charge in [-0.2, -0.15) is 0 Å². The van der Waals surface area contributed by atoms with Gasteiger partial charge < -0.3 is 15.4 Å². The Balaban J connectivity index is 1.80. The molecule has 0 aromatic carbocycles.